The van der Waals surface area contributed by atoms with Crippen LogP contribution < -0.4 is 0 Å². The molecule has 1 aromatic carbocycles. The number of aromatic amines is 1. The molecule has 1 N–H and O–H groups in total. The first-order chi connectivity index (χ1) is 9.29. The molecule has 4 nitrogen and oxygen atoms in total. The number of esters is 1. The highest BCUT2D eigenvalue weighted by atomic mass is 32.2. The Hall–Kier alpha value is -1.75. The summed E-state index contributed by atoms with van der Waals surface area (Å²) in [5.41, 5.74) is 2.01. The van der Waals surface area contributed by atoms with Crippen molar-refractivity contribution >= 4 is 28.8 Å². The van der Waals surface area contributed by atoms with Crippen molar-refractivity contribution < 1.29 is 9.53 Å². The molecular formula is C14H16N2O2S. The molecule has 100 valence electrons. The number of thioether (sulfide) groups is 1. The number of rotatable bonds is 7. The molecule has 0 radical (unpaired) electrons. The molecule has 5 heteroatoms. The zero-order chi connectivity index (χ0) is 13.5. The van der Waals surface area contributed by atoms with E-state index >= 15 is 0 Å². The number of imidazole rings is 1. The molecular weight excluding hydrogens is 260 g/mol. The number of nitrogens with one attached hydrogen (secondary N) is 1. The van der Waals surface area contributed by atoms with Crippen LogP contribution in [0, 0.1) is 0 Å². The van der Waals surface area contributed by atoms with E-state index in [2.05, 4.69) is 16.5 Å². The summed E-state index contributed by atoms with van der Waals surface area (Å²) in [7, 11) is 0. The lowest BCUT2D eigenvalue weighted by Crippen LogP contribution is -2.04. The van der Waals surface area contributed by atoms with Crippen molar-refractivity contribution in [3.63, 3.8) is 0 Å². The highest BCUT2D eigenvalue weighted by Crippen LogP contribution is 2.20. The SMILES string of the molecule is C=CCOC(=O)CCCSc1nc2ccccc2[nH]1. The number of aromatic nitrogens is 2. The molecule has 0 unspecified atom stereocenters. The van der Waals surface area contributed by atoms with Crippen molar-refractivity contribution in [2.45, 2.75) is 18.0 Å². The van der Waals surface area contributed by atoms with Gasteiger partial charge in [0.1, 0.15) is 6.61 Å². The average molecular weight is 276 g/mol. The molecule has 0 aliphatic carbocycles. The van der Waals surface area contributed by atoms with E-state index in [1.807, 2.05) is 24.3 Å². The van der Waals surface area contributed by atoms with Crippen LogP contribution in [-0.2, 0) is 9.53 Å². The summed E-state index contributed by atoms with van der Waals surface area (Å²) in [5, 5.41) is 0.889. The van der Waals surface area contributed by atoms with Gasteiger partial charge in [-0.3, -0.25) is 4.79 Å². The minimum atomic E-state index is -0.176. The van der Waals surface area contributed by atoms with E-state index in [1.165, 1.54) is 0 Å². The fourth-order valence-electron chi connectivity index (χ4n) is 1.61. The molecule has 0 amide bonds. The number of hydrogen-bond acceptors (Lipinski definition) is 4. The predicted molar refractivity (Wildman–Crippen MR) is 77.2 cm³/mol. The van der Waals surface area contributed by atoms with Crippen LogP contribution in [0.3, 0.4) is 0 Å². The highest BCUT2D eigenvalue weighted by Gasteiger charge is 2.04. The average Bonchev–Trinajstić information content (AvgIpc) is 2.84. The third kappa shape index (κ3) is 4.13. The van der Waals surface area contributed by atoms with E-state index in [-0.39, 0.29) is 12.6 Å². The lowest BCUT2D eigenvalue weighted by Gasteiger charge is -2.00. The summed E-state index contributed by atoms with van der Waals surface area (Å²) in [5.74, 6) is 0.660. The molecule has 0 aliphatic heterocycles. The third-order valence-electron chi connectivity index (χ3n) is 2.49. The number of para-hydroxylation sites is 2. The van der Waals surface area contributed by atoms with Crippen LogP contribution in [0.1, 0.15) is 12.8 Å². The van der Waals surface area contributed by atoms with Gasteiger partial charge in [-0.15, -0.1) is 0 Å². The Bertz CT molecular complexity index is 532. The van der Waals surface area contributed by atoms with Crippen LogP contribution >= 0.6 is 11.8 Å². The van der Waals surface area contributed by atoms with Gasteiger partial charge in [0, 0.05) is 12.2 Å². The van der Waals surface area contributed by atoms with Crippen LogP contribution in [0.15, 0.2) is 42.1 Å². The van der Waals surface area contributed by atoms with Crippen molar-refractivity contribution in [3.8, 4) is 0 Å². The Labute approximate surface area is 116 Å². The number of nitrogens with zero attached hydrogens (tertiary/aromatic N) is 1. The monoisotopic (exact) mass is 276 g/mol. The minimum Gasteiger partial charge on any atom is -0.461 e. The van der Waals surface area contributed by atoms with Gasteiger partial charge < -0.3 is 9.72 Å². The first kappa shape index (κ1) is 13.7. The quantitative estimate of drug-likeness (QED) is 0.365. The van der Waals surface area contributed by atoms with Crippen LogP contribution in [0.4, 0.5) is 0 Å². The molecule has 0 saturated heterocycles. The van der Waals surface area contributed by atoms with E-state index in [0.29, 0.717) is 6.42 Å². The second kappa shape index (κ2) is 6.99. The minimum absolute atomic E-state index is 0.176. The normalized spacial score (nSPS) is 10.5. The van der Waals surface area contributed by atoms with E-state index in [4.69, 9.17) is 4.74 Å². The molecule has 0 atom stereocenters. The van der Waals surface area contributed by atoms with Gasteiger partial charge in [-0.1, -0.05) is 36.5 Å². The van der Waals surface area contributed by atoms with Crippen molar-refractivity contribution in [2.24, 2.45) is 0 Å². The zero-order valence-electron chi connectivity index (χ0n) is 10.6. The number of H-pyrrole nitrogens is 1. The second-order valence-corrected chi connectivity index (χ2v) is 5.07. The smallest absolute Gasteiger partial charge is 0.306 e. The lowest BCUT2D eigenvalue weighted by molar-refractivity contribution is -0.142. The van der Waals surface area contributed by atoms with Crippen LogP contribution in [0.2, 0.25) is 0 Å². The molecule has 0 fully saturated rings. The largest absolute Gasteiger partial charge is 0.461 e. The summed E-state index contributed by atoms with van der Waals surface area (Å²) in [4.78, 5) is 18.9. The molecule has 1 heterocycles. The van der Waals surface area contributed by atoms with Crippen LogP contribution in [0.25, 0.3) is 11.0 Å². The van der Waals surface area contributed by atoms with E-state index in [0.717, 1.165) is 28.4 Å². The molecule has 19 heavy (non-hydrogen) atoms. The number of carbonyl (C=O) groups is 1. The van der Waals surface area contributed by atoms with E-state index in [1.54, 1.807) is 17.8 Å². The molecule has 0 aliphatic rings. The predicted octanol–water partition coefficient (Wildman–Crippen LogP) is 3.16. The summed E-state index contributed by atoms with van der Waals surface area (Å²) < 4.78 is 4.90. The van der Waals surface area contributed by atoms with Crippen LogP contribution in [0.5, 0.6) is 0 Å². The van der Waals surface area contributed by atoms with Gasteiger partial charge in [-0.05, 0) is 18.6 Å². The number of carbonyl (C=O) groups excluding carboxylic acids is 1. The Kier molecular flexibility index (Phi) is 5.03. The number of fused-ring (bicyclic) bond motifs is 1. The fourth-order valence-corrected chi connectivity index (χ4v) is 2.43. The standard InChI is InChI=1S/C14H16N2O2S/c1-2-9-18-13(17)8-5-10-19-14-15-11-6-3-4-7-12(11)16-14/h2-4,6-7H,1,5,8-10H2,(H,15,16). The Morgan fingerprint density at radius 2 is 2.32 bits per heavy atom. The second-order valence-electron chi connectivity index (χ2n) is 3.98. The lowest BCUT2D eigenvalue weighted by atomic mass is 10.3. The molecule has 2 aromatic rings. The van der Waals surface area contributed by atoms with Gasteiger partial charge >= 0.3 is 5.97 Å². The highest BCUT2D eigenvalue weighted by molar-refractivity contribution is 7.99. The third-order valence-corrected chi connectivity index (χ3v) is 3.45. The molecule has 1 aromatic heterocycles. The summed E-state index contributed by atoms with van der Waals surface area (Å²) in [6.45, 7) is 3.78. The van der Waals surface area contributed by atoms with E-state index in [9.17, 15) is 4.79 Å². The molecule has 0 saturated carbocycles. The number of ether oxygens (including phenoxy) is 1. The molecule has 2 rings (SSSR count). The van der Waals surface area contributed by atoms with Gasteiger partial charge in [0.2, 0.25) is 0 Å². The van der Waals surface area contributed by atoms with Crippen LogP contribution in [-0.4, -0.2) is 28.3 Å². The topological polar surface area (TPSA) is 55.0 Å². The maximum Gasteiger partial charge on any atom is 0.306 e. The number of hydrogen-bond donors (Lipinski definition) is 1. The van der Waals surface area contributed by atoms with Crippen molar-refractivity contribution in [2.75, 3.05) is 12.4 Å². The van der Waals surface area contributed by atoms with Gasteiger partial charge in [-0.25, -0.2) is 4.98 Å². The zero-order valence-corrected chi connectivity index (χ0v) is 11.4. The van der Waals surface area contributed by atoms with Crippen molar-refractivity contribution in [1.29, 1.82) is 0 Å². The Morgan fingerprint density at radius 3 is 3.11 bits per heavy atom. The summed E-state index contributed by atoms with van der Waals surface area (Å²) in [6.07, 6.45) is 2.78. The first-order valence-corrected chi connectivity index (χ1v) is 7.12. The van der Waals surface area contributed by atoms with Gasteiger partial charge in [0.25, 0.3) is 0 Å². The van der Waals surface area contributed by atoms with Gasteiger partial charge in [0.15, 0.2) is 5.16 Å². The van der Waals surface area contributed by atoms with Crippen molar-refractivity contribution in [3.05, 3.63) is 36.9 Å². The van der Waals surface area contributed by atoms with Gasteiger partial charge in [0.05, 0.1) is 11.0 Å². The maximum absolute atomic E-state index is 11.3. The summed E-state index contributed by atoms with van der Waals surface area (Å²) >= 11 is 1.62. The Morgan fingerprint density at radius 1 is 1.47 bits per heavy atom. The first-order valence-electron chi connectivity index (χ1n) is 6.13. The number of benzene rings is 1. The summed E-state index contributed by atoms with van der Waals surface area (Å²) in [6, 6.07) is 7.92. The maximum atomic E-state index is 11.3. The molecule has 0 spiro atoms. The molecule has 0 bridgehead atoms. The Balaban J connectivity index is 1.73. The van der Waals surface area contributed by atoms with Crippen molar-refractivity contribution in [1.82, 2.24) is 9.97 Å². The fraction of sp³-hybridized carbons (Fsp3) is 0.286. The van der Waals surface area contributed by atoms with E-state index < -0.39 is 0 Å². The van der Waals surface area contributed by atoms with Gasteiger partial charge in [-0.2, -0.15) is 0 Å².